The van der Waals surface area contributed by atoms with Gasteiger partial charge in [-0.1, -0.05) is 54.6 Å². The molecule has 1 N–H and O–H groups in total. The van der Waals surface area contributed by atoms with Crippen molar-refractivity contribution in [3.63, 3.8) is 0 Å². The zero-order valence-electron chi connectivity index (χ0n) is 17.0. The van der Waals surface area contributed by atoms with Gasteiger partial charge >= 0.3 is 0 Å². The molecule has 0 saturated carbocycles. The van der Waals surface area contributed by atoms with Gasteiger partial charge in [0.05, 0.1) is 16.9 Å². The first-order valence-corrected chi connectivity index (χ1v) is 11.2. The Morgan fingerprint density at radius 1 is 1.03 bits per heavy atom. The third kappa shape index (κ3) is 5.26. The van der Waals surface area contributed by atoms with Crippen molar-refractivity contribution >= 4 is 33.0 Å². The molecule has 9 heteroatoms. The third-order valence-corrected chi connectivity index (χ3v) is 5.77. The molecule has 1 amide bonds. The topological polar surface area (TPSA) is 110 Å². The van der Waals surface area contributed by atoms with Crippen molar-refractivity contribution < 1.29 is 18.1 Å². The number of carbonyl (C=O) groups excluding carboxylic acids is 1. The van der Waals surface area contributed by atoms with Gasteiger partial charge in [0.25, 0.3) is 5.69 Å². The van der Waals surface area contributed by atoms with Crippen LogP contribution in [-0.2, 0) is 14.8 Å². The summed E-state index contributed by atoms with van der Waals surface area (Å²) in [5.74, 6) is -0.570. The van der Waals surface area contributed by atoms with Crippen LogP contribution in [0.25, 0.3) is 11.1 Å². The van der Waals surface area contributed by atoms with E-state index >= 15 is 0 Å². The molecule has 0 aromatic heterocycles. The van der Waals surface area contributed by atoms with Crippen molar-refractivity contribution in [2.45, 2.75) is 6.92 Å². The highest BCUT2D eigenvalue weighted by Crippen LogP contribution is 2.29. The van der Waals surface area contributed by atoms with Crippen LogP contribution in [0.5, 0.6) is 0 Å². The molecule has 8 nitrogen and oxygen atoms in total. The first-order chi connectivity index (χ1) is 14.7. The molecular formula is C22H21N3O5S. The zero-order valence-corrected chi connectivity index (χ0v) is 17.8. The molecule has 31 heavy (non-hydrogen) atoms. The minimum Gasteiger partial charge on any atom is -0.324 e. The maximum Gasteiger partial charge on any atom is 0.271 e. The zero-order chi connectivity index (χ0) is 22.6. The van der Waals surface area contributed by atoms with Crippen molar-refractivity contribution in [1.82, 2.24) is 0 Å². The lowest BCUT2D eigenvalue weighted by Crippen LogP contribution is -2.38. The highest BCUT2D eigenvalue weighted by molar-refractivity contribution is 7.92. The summed E-state index contributed by atoms with van der Waals surface area (Å²) in [6, 6.07) is 20.5. The van der Waals surface area contributed by atoms with Gasteiger partial charge in [-0.3, -0.25) is 19.2 Å². The lowest BCUT2D eigenvalue weighted by molar-refractivity contribution is -0.384. The number of carbonyl (C=O) groups is 1. The number of hydrogen-bond acceptors (Lipinski definition) is 5. The number of anilines is 2. The van der Waals surface area contributed by atoms with Gasteiger partial charge < -0.3 is 5.32 Å². The van der Waals surface area contributed by atoms with E-state index in [9.17, 15) is 23.3 Å². The van der Waals surface area contributed by atoms with Gasteiger partial charge in [-0.05, 0) is 24.1 Å². The van der Waals surface area contributed by atoms with E-state index in [-0.39, 0.29) is 11.4 Å². The van der Waals surface area contributed by atoms with Gasteiger partial charge in [0.2, 0.25) is 15.9 Å². The summed E-state index contributed by atoms with van der Waals surface area (Å²) in [6.07, 6.45) is 0.955. The highest BCUT2D eigenvalue weighted by atomic mass is 32.2. The van der Waals surface area contributed by atoms with Crippen LogP contribution in [0.2, 0.25) is 0 Å². The number of nitrogens with one attached hydrogen (secondary N) is 1. The van der Waals surface area contributed by atoms with E-state index in [1.807, 2.05) is 42.5 Å². The molecule has 0 radical (unpaired) electrons. The van der Waals surface area contributed by atoms with Crippen LogP contribution < -0.4 is 9.62 Å². The van der Waals surface area contributed by atoms with Gasteiger partial charge in [-0.15, -0.1) is 0 Å². The summed E-state index contributed by atoms with van der Waals surface area (Å²) in [4.78, 5) is 23.3. The summed E-state index contributed by atoms with van der Waals surface area (Å²) in [5.41, 5.74) is 2.53. The normalized spacial score (nSPS) is 11.0. The molecule has 0 fully saturated rings. The van der Waals surface area contributed by atoms with Crippen LogP contribution in [0.3, 0.4) is 0 Å². The standard InChI is InChI=1S/C22H21N3O5S/c1-16-12-13-18(25(27)28)14-21(16)24(31(2,29)30)15-22(26)23-20-11-7-6-10-19(20)17-8-4-3-5-9-17/h3-14H,15H2,1-2H3,(H,23,26). The molecule has 160 valence electrons. The van der Waals surface area contributed by atoms with Crippen molar-refractivity contribution in [2.75, 3.05) is 22.4 Å². The second kappa shape index (κ2) is 8.97. The van der Waals surface area contributed by atoms with Gasteiger partial charge in [0.15, 0.2) is 0 Å². The average Bonchev–Trinajstić information content (AvgIpc) is 2.73. The monoisotopic (exact) mass is 439 g/mol. The Hall–Kier alpha value is -3.72. The Morgan fingerprint density at radius 3 is 2.32 bits per heavy atom. The number of para-hydroxylation sites is 1. The van der Waals surface area contributed by atoms with E-state index in [2.05, 4.69) is 5.32 Å². The Bertz CT molecular complexity index is 1230. The minimum atomic E-state index is -3.88. The fourth-order valence-corrected chi connectivity index (χ4v) is 4.05. The van der Waals surface area contributed by atoms with Gasteiger partial charge in [-0.2, -0.15) is 0 Å². The smallest absolute Gasteiger partial charge is 0.271 e. The minimum absolute atomic E-state index is 0.0863. The van der Waals surface area contributed by atoms with Crippen LogP contribution >= 0.6 is 0 Å². The van der Waals surface area contributed by atoms with Crippen LogP contribution in [0.15, 0.2) is 72.8 Å². The van der Waals surface area contributed by atoms with Gasteiger partial charge in [0, 0.05) is 23.4 Å². The number of sulfonamides is 1. The number of nitro groups is 1. The lowest BCUT2D eigenvalue weighted by Gasteiger charge is -2.23. The van der Waals surface area contributed by atoms with Gasteiger partial charge in [0.1, 0.15) is 6.54 Å². The molecule has 3 rings (SSSR count). The molecule has 0 aliphatic rings. The maximum absolute atomic E-state index is 12.8. The van der Waals surface area contributed by atoms with Crippen molar-refractivity contribution in [3.8, 4) is 11.1 Å². The van der Waals surface area contributed by atoms with Gasteiger partial charge in [-0.25, -0.2) is 8.42 Å². The summed E-state index contributed by atoms with van der Waals surface area (Å²) in [7, 11) is -3.88. The van der Waals surface area contributed by atoms with E-state index in [0.29, 0.717) is 11.3 Å². The number of nitro benzene ring substituents is 1. The third-order valence-electron chi connectivity index (χ3n) is 4.65. The van der Waals surface area contributed by atoms with Crippen molar-refractivity contribution in [3.05, 3.63) is 88.5 Å². The van der Waals surface area contributed by atoms with Crippen LogP contribution in [-0.4, -0.2) is 32.0 Å². The van der Waals surface area contributed by atoms with E-state index in [1.165, 1.54) is 12.1 Å². The quantitative estimate of drug-likeness (QED) is 0.442. The average molecular weight is 439 g/mol. The van der Waals surface area contributed by atoms with Crippen LogP contribution in [0.1, 0.15) is 5.56 Å². The number of amides is 1. The molecule has 3 aromatic carbocycles. The van der Waals surface area contributed by atoms with Crippen LogP contribution in [0.4, 0.5) is 17.1 Å². The molecule has 0 bridgehead atoms. The van der Waals surface area contributed by atoms with Crippen molar-refractivity contribution in [1.29, 1.82) is 0 Å². The molecular weight excluding hydrogens is 418 g/mol. The summed E-state index contributed by atoms with van der Waals surface area (Å²) in [5, 5.41) is 13.9. The second-order valence-corrected chi connectivity index (χ2v) is 8.86. The molecule has 0 unspecified atom stereocenters. The van der Waals surface area contributed by atoms with E-state index in [0.717, 1.165) is 27.8 Å². The maximum atomic E-state index is 12.8. The Labute approximate surface area is 180 Å². The fourth-order valence-electron chi connectivity index (χ4n) is 3.14. The molecule has 3 aromatic rings. The largest absolute Gasteiger partial charge is 0.324 e. The predicted molar refractivity (Wildman–Crippen MR) is 121 cm³/mol. The van der Waals surface area contributed by atoms with Crippen LogP contribution in [0, 0.1) is 17.0 Å². The SMILES string of the molecule is Cc1ccc([N+](=O)[O-])cc1N(CC(=O)Nc1ccccc1-c1ccccc1)S(C)(=O)=O. The molecule has 0 heterocycles. The number of nitrogens with zero attached hydrogens (tertiary/aromatic N) is 2. The number of rotatable bonds is 7. The first-order valence-electron chi connectivity index (χ1n) is 9.34. The summed E-state index contributed by atoms with van der Waals surface area (Å²) < 4.78 is 25.7. The Kier molecular flexibility index (Phi) is 6.36. The Morgan fingerprint density at radius 2 is 1.68 bits per heavy atom. The summed E-state index contributed by atoms with van der Waals surface area (Å²) in [6.45, 7) is 1.10. The summed E-state index contributed by atoms with van der Waals surface area (Å²) >= 11 is 0. The number of aryl methyl sites for hydroxylation is 1. The predicted octanol–water partition coefficient (Wildman–Crippen LogP) is 3.97. The Balaban J connectivity index is 1.91. The molecule has 0 atom stereocenters. The molecule has 0 saturated heterocycles. The highest BCUT2D eigenvalue weighted by Gasteiger charge is 2.24. The van der Waals surface area contributed by atoms with E-state index in [4.69, 9.17) is 0 Å². The number of non-ortho nitro benzene ring substituents is 1. The van der Waals surface area contributed by atoms with E-state index in [1.54, 1.807) is 19.1 Å². The first kappa shape index (κ1) is 22.0. The molecule has 0 spiro atoms. The number of hydrogen-bond donors (Lipinski definition) is 1. The molecule has 0 aliphatic carbocycles. The lowest BCUT2D eigenvalue weighted by atomic mass is 10.0. The van der Waals surface area contributed by atoms with E-state index < -0.39 is 27.4 Å². The van der Waals surface area contributed by atoms with Crippen molar-refractivity contribution in [2.24, 2.45) is 0 Å². The molecule has 0 aliphatic heterocycles. The second-order valence-electron chi connectivity index (χ2n) is 6.96. The number of benzene rings is 3. The fraction of sp³-hybridized carbons (Fsp3) is 0.136.